The number of hydrogen-bond acceptors (Lipinski definition) is 5. The van der Waals surface area contributed by atoms with E-state index >= 15 is 0 Å². The van der Waals surface area contributed by atoms with Gasteiger partial charge in [-0.15, -0.1) is 0 Å². The third-order valence-electron chi connectivity index (χ3n) is 2.72. The number of ether oxygens (including phenoxy) is 1. The summed E-state index contributed by atoms with van der Waals surface area (Å²) in [4.78, 5) is 45.6. The lowest BCUT2D eigenvalue weighted by molar-refractivity contribution is -0.158. The minimum absolute atomic E-state index is 0.224. The fourth-order valence-electron chi connectivity index (χ4n) is 1.83. The molecule has 118 valence electrons. The minimum atomic E-state index is -1.38. The summed E-state index contributed by atoms with van der Waals surface area (Å²) in [6.45, 7) is 4.98. The summed E-state index contributed by atoms with van der Waals surface area (Å²) in [7, 11) is 0. The molecule has 2 unspecified atom stereocenters. The van der Waals surface area contributed by atoms with Gasteiger partial charge in [0, 0.05) is 6.42 Å². The lowest BCUT2D eigenvalue weighted by Gasteiger charge is -2.22. The highest BCUT2D eigenvalue weighted by atomic mass is 16.6. The highest BCUT2D eigenvalue weighted by molar-refractivity contribution is 5.93. The molecule has 0 saturated carbocycles. The van der Waals surface area contributed by atoms with Gasteiger partial charge in [0.1, 0.15) is 17.7 Å². The Bertz CT molecular complexity index is 454. The van der Waals surface area contributed by atoms with Gasteiger partial charge < -0.3 is 20.5 Å². The van der Waals surface area contributed by atoms with Crippen LogP contribution in [0.2, 0.25) is 0 Å². The first-order valence-corrected chi connectivity index (χ1v) is 6.63. The molecule has 2 amide bonds. The molecule has 3 N–H and O–H groups in total. The second kappa shape index (κ2) is 6.55. The largest absolute Gasteiger partial charge is 0.480 e. The third kappa shape index (κ3) is 5.80. The molecule has 0 aliphatic carbocycles. The number of carboxylic acid groups (broad SMARTS) is 1. The zero-order valence-electron chi connectivity index (χ0n) is 12.3. The normalized spacial score (nSPS) is 19.6. The van der Waals surface area contributed by atoms with Gasteiger partial charge >= 0.3 is 11.9 Å². The second-order valence-electron chi connectivity index (χ2n) is 5.85. The summed E-state index contributed by atoms with van der Waals surface area (Å²) in [6.07, 6.45) is 0.0599. The molecule has 1 saturated heterocycles. The minimum Gasteiger partial charge on any atom is -0.480 e. The highest BCUT2D eigenvalue weighted by Gasteiger charge is 2.32. The zero-order valence-corrected chi connectivity index (χ0v) is 12.3. The third-order valence-corrected chi connectivity index (χ3v) is 2.72. The van der Waals surface area contributed by atoms with Gasteiger partial charge in [0.2, 0.25) is 11.8 Å². The van der Waals surface area contributed by atoms with Crippen LogP contribution in [-0.2, 0) is 23.9 Å². The molecule has 0 bridgehead atoms. The molecule has 1 fully saturated rings. The van der Waals surface area contributed by atoms with Crippen molar-refractivity contribution in [3.8, 4) is 0 Å². The molecule has 0 aromatic heterocycles. The number of rotatable bonds is 5. The van der Waals surface area contributed by atoms with Crippen molar-refractivity contribution in [3.63, 3.8) is 0 Å². The monoisotopic (exact) mass is 300 g/mol. The van der Waals surface area contributed by atoms with E-state index in [1.165, 1.54) is 0 Å². The van der Waals surface area contributed by atoms with Crippen LogP contribution >= 0.6 is 0 Å². The standard InChI is InChI=1S/C13H20N2O6/c1-13(2,3)21-10(17)6-8(12(19)20)15-11(18)7-4-5-9(16)14-7/h7-8H,4-6H2,1-3H3,(H,14,16)(H,15,18)(H,19,20). The van der Waals surface area contributed by atoms with E-state index in [0.717, 1.165) is 0 Å². The van der Waals surface area contributed by atoms with Crippen LogP contribution in [0.3, 0.4) is 0 Å². The van der Waals surface area contributed by atoms with E-state index in [-0.39, 0.29) is 12.3 Å². The van der Waals surface area contributed by atoms with Crippen molar-refractivity contribution in [2.75, 3.05) is 0 Å². The van der Waals surface area contributed by atoms with Crippen molar-refractivity contribution in [2.24, 2.45) is 0 Å². The van der Waals surface area contributed by atoms with Gasteiger partial charge in [-0.1, -0.05) is 0 Å². The summed E-state index contributed by atoms with van der Waals surface area (Å²) in [5.74, 6) is -2.92. The quantitative estimate of drug-likeness (QED) is 0.592. The van der Waals surface area contributed by atoms with E-state index in [4.69, 9.17) is 9.84 Å². The molecule has 1 heterocycles. The number of carboxylic acids is 1. The Morgan fingerprint density at radius 1 is 1.43 bits per heavy atom. The average Bonchev–Trinajstić information content (AvgIpc) is 2.72. The van der Waals surface area contributed by atoms with Crippen molar-refractivity contribution in [3.05, 3.63) is 0 Å². The van der Waals surface area contributed by atoms with Crippen LogP contribution in [0.4, 0.5) is 0 Å². The fourth-order valence-corrected chi connectivity index (χ4v) is 1.83. The molecule has 1 aliphatic heterocycles. The van der Waals surface area contributed by atoms with Gasteiger partial charge in [0.25, 0.3) is 0 Å². The molecule has 0 aromatic carbocycles. The van der Waals surface area contributed by atoms with Gasteiger partial charge in [-0.05, 0) is 27.2 Å². The lowest BCUT2D eigenvalue weighted by atomic mass is 10.1. The van der Waals surface area contributed by atoms with Crippen molar-refractivity contribution < 1.29 is 29.0 Å². The van der Waals surface area contributed by atoms with Crippen LogP contribution in [0.1, 0.15) is 40.0 Å². The SMILES string of the molecule is CC(C)(C)OC(=O)CC(NC(=O)C1CCC(=O)N1)C(=O)O. The molecular weight excluding hydrogens is 280 g/mol. The van der Waals surface area contributed by atoms with Gasteiger partial charge in [-0.2, -0.15) is 0 Å². The van der Waals surface area contributed by atoms with Crippen molar-refractivity contribution >= 4 is 23.8 Å². The van der Waals surface area contributed by atoms with E-state index in [2.05, 4.69) is 10.6 Å². The van der Waals surface area contributed by atoms with Crippen LogP contribution in [-0.4, -0.2) is 46.5 Å². The predicted molar refractivity (Wildman–Crippen MR) is 71.2 cm³/mol. The van der Waals surface area contributed by atoms with Crippen LogP contribution in [0.5, 0.6) is 0 Å². The molecule has 1 rings (SSSR count). The van der Waals surface area contributed by atoms with E-state index < -0.39 is 42.0 Å². The molecular formula is C13H20N2O6. The molecule has 0 radical (unpaired) electrons. The zero-order chi connectivity index (χ0) is 16.2. The Labute approximate surface area is 122 Å². The molecule has 8 nitrogen and oxygen atoms in total. The van der Waals surface area contributed by atoms with E-state index in [0.29, 0.717) is 6.42 Å². The number of esters is 1. The van der Waals surface area contributed by atoms with E-state index in [1.54, 1.807) is 20.8 Å². The van der Waals surface area contributed by atoms with Crippen molar-refractivity contribution in [2.45, 2.75) is 57.7 Å². The topological polar surface area (TPSA) is 122 Å². The summed E-state index contributed by atoms with van der Waals surface area (Å²) in [5.41, 5.74) is -0.733. The van der Waals surface area contributed by atoms with Gasteiger partial charge in [0.05, 0.1) is 6.42 Å². The fraction of sp³-hybridized carbons (Fsp3) is 0.692. The molecule has 0 spiro atoms. The first-order chi connectivity index (χ1) is 9.58. The number of nitrogens with one attached hydrogen (secondary N) is 2. The maximum absolute atomic E-state index is 11.8. The maximum Gasteiger partial charge on any atom is 0.326 e. The molecule has 0 aromatic rings. The number of carbonyl (C=O) groups excluding carboxylic acids is 3. The first kappa shape index (κ1) is 16.9. The van der Waals surface area contributed by atoms with Gasteiger partial charge in [-0.25, -0.2) is 4.79 Å². The van der Waals surface area contributed by atoms with E-state index in [9.17, 15) is 19.2 Å². The molecule has 2 atom stereocenters. The Hall–Kier alpha value is -2.12. The average molecular weight is 300 g/mol. The molecule has 8 heteroatoms. The molecule has 1 aliphatic rings. The van der Waals surface area contributed by atoms with Crippen molar-refractivity contribution in [1.29, 1.82) is 0 Å². The Morgan fingerprint density at radius 3 is 2.48 bits per heavy atom. The van der Waals surface area contributed by atoms with E-state index in [1.807, 2.05) is 0 Å². The Balaban J connectivity index is 2.57. The summed E-state index contributed by atoms with van der Waals surface area (Å²) in [6, 6.07) is -2.14. The van der Waals surface area contributed by atoms with Gasteiger partial charge in [0.15, 0.2) is 0 Å². The Morgan fingerprint density at radius 2 is 2.05 bits per heavy atom. The summed E-state index contributed by atoms with van der Waals surface area (Å²) < 4.78 is 5.02. The lowest BCUT2D eigenvalue weighted by Crippen LogP contribution is -2.49. The van der Waals surface area contributed by atoms with Crippen LogP contribution in [0.25, 0.3) is 0 Å². The maximum atomic E-state index is 11.8. The Kier molecular flexibility index (Phi) is 5.28. The smallest absolute Gasteiger partial charge is 0.326 e. The van der Waals surface area contributed by atoms with Crippen LogP contribution in [0, 0.1) is 0 Å². The highest BCUT2D eigenvalue weighted by Crippen LogP contribution is 2.11. The number of aliphatic carboxylic acids is 1. The predicted octanol–water partition coefficient (Wildman–Crippen LogP) is -0.434. The summed E-state index contributed by atoms with van der Waals surface area (Å²) in [5, 5.41) is 13.7. The molecule has 21 heavy (non-hydrogen) atoms. The summed E-state index contributed by atoms with van der Waals surface area (Å²) >= 11 is 0. The van der Waals surface area contributed by atoms with Crippen LogP contribution in [0.15, 0.2) is 0 Å². The first-order valence-electron chi connectivity index (χ1n) is 6.63. The van der Waals surface area contributed by atoms with Gasteiger partial charge in [-0.3, -0.25) is 14.4 Å². The second-order valence-corrected chi connectivity index (χ2v) is 5.85. The number of carbonyl (C=O) groups is 4. The van der Waals surface area contributed by atoms with Crippen molar-refractivity contribution in [1.82, 2.24) is 10.6 Å². The number of amides is 2. The van der Waals surface area contributed by atoms with Crippen LogP contribution < -0.4 is 10.6 Å². The number of hydrogen-bond donors (Lipinski definition) is 3.